The van der Waals surface area contributed by atoms with Crippen LogP contribution in [0.15, 0.2) is 24.3 Å². The lowest BCUT2D eigenvalue weighted by Gasteiger charge is -2.43. The molecule has 0 heterocycles. The minimum Gasteiger partial charge on any atom is -0.493 e. The second kappa shape index (κ2) is 9.40. The number of fused-ring (bicyclic) bond motifs is 6. The van der Waals surface area contributed by atoms with E-state index in [-0.39, 0.29) is 41.5 Å². The van der Waals surface area contributed by atoms with Crippen molar-refractivity contribution in [3.63, 3.8) is 0 Å². The van der Waals surface area contributed by atoms with Gasteiger partial charge in [-0.25, -0.2) is 0 Å². The summed E-state index contributed by atoms with van der Waals surface area (Å²) in [5.74, 6) is -1.76. The van der Waals surface area contributed by atoms with E-state index in [0.29, 0.717) is 23.3 Å². The first-order valence-corrected chi connectivity index (χ1v) is 11.1. The molecule has 0 radical (unpaired) electrons. The molecule has 0 aliphatic heterocycles. The molecular formula is C26H26O9. The number of Topliss-reactive ketones (excluding diaryl/α,β-unsaturated/α-hetero) is 1. The van der Waals surface area contributed by atoms with Gasteiger partial charge in [0.25, 0.3) is 0 Å². The zero-order valence-electron chi connectivity index (χ0n) is 20.1. The van der Waals surface area contributed by atoms with Gasteiger partial charge in [0, 0.05) is 44.1 Å². The van der Waals surface area contributed by atoms with Gasteiger partial charge < -0.3 is 23.7 Å². The normalized spacial score (nSPS) is 19.7. The quantitative estimate of drug-likeness (QED) is 0.452. The van der Waals surface area contributed by atoms with Crippen LogP contribution in [0.25, 0.3) is 0 Å². The van der Waals surface area contributed by atoms with Crippen molar-refractivity contribution in [3.05, 3.63) is 46.5 Å². The molecule has 0 fully saturated rings. The summed E-state index contributed by atoms with van der Waals surface area (Å²) in [6.45, 7) is 3.93. The summed E-state index contributed by atoms with van der Waals surface area (Å²) in [6, 6.07) is 6.72. The molecule has 35 heavy (non-hydrogen) atoms. The van der Waals surface area contributed by atoms with Crippen molar-refractivity contribution in [2.75, 3.05) is 20.8 Å². The van der Waals surface area contributed by atoms with Gasteiger partial charge in [-0.2, -0.15) is 0 Å². The number of hydrogen-bond acceptors (Lipinski definition) is 9. The molecule has 2 bridgehead atoms. The number of benzene rings is 2. The first-order chi connectivity index (χ1) is 16.6. The number of rotatable bonds is 6. The highest BCUT2D eigenvalue weighted by Gasteiger charge is 2.48. The second-order valence-electron chi connectivity index (χ2n) is 8.60. The highest BCUT2D eigenvalue weighted by atomic mass is 16.6. The minimum atomic E-state index is -0.539. The van der Waals surface area contributed by atoms with Gasteiger partial charge in [-0.3, -0.25) is 19.2 Å². The Bertz CT molecular complexity index is 1230. The molecule has 0 aromatic heterocycles. The smallest absolute Gasteiger partial charge is 0.308 e. The Balaban J connectivity index is 1.94. The van der Waals surface area contributed by atoms with Gasteiger partial charge in [0.05, 0.1) is 20.8 Å². The molecule has 0 unspecified atom stereocenters. The lowest BCUT2D eigenvalue weighted by molar-refractivity contribution is -0.143. The highest BCUT2D eigenvalue weighted by Crippen LogP contribution is 2.53. The maximum Gasteiger partial charge on any atom is 0.308 e. The van der Waals surface area contributed by atoms with E-state index in [2.05, 4.69) is 0 Å². The van der Waals surface area contributed by atoms with Gasteiger partial charge in [-0.1, -0.05) is 0 Å². The van der Waals surface area contributed by atoms with Crippen molar-refractivity contribution < 1.29 is 42.9 Å². The van der Waals surface area contributed by atoms with Crippen molar-refractivity contribution in [1.29, 1.82) is 0 Å². The maximum atomic E-state index is 13.7. The Hall–Kier alpha value is -3.88. The third kappa shape index (κ3) is 4.45. The summed E-state index contributed by atoms with van der Waals surface area (Å²) in [5.41, 5.74) is 2.75. The third-order valence-corrected chi connectivity index (χ3v) is 6.40. The van der Waals surface area contributed by atoms with Crippen molar-refractivity contribution in [1.82, 2.24) is 0 Å². The molecule has 9 nitrogen and oxygen atoms in total. The van der Waals surface area contributed by atoms with Gasteiger partial charge >= 0.3 is 17.9 Å². The van der Waals surface area contributed by atoms with Crippen LogP contribution in [0, 0.1) is 11.8 Å². The molecule has 9 heteroatoms. The first-order valence-electron chi connectivity index (χ1n) is 11.1. The summed E-state index contributed by atoms with van der Waals surface area (Å²) < 4.78 is 26.9. The molecule has 2 aromatic carbocycles. The van der Waals surface area contributed by atoms with E-state index < -0.39 is 23.8 Å². The fourth-order valence-corrected chi connectivity index (χ4v) is 5.08. The maximum absolute atomic E-state index is 13.7. The van der Waals surface area contributed by atoms with Crippen LogP contribution in [0.3, 0.4) is 0 Å². The minimum absolute atomic E-state index is 0.0399. The average molecular weight is 482 g/mol. The van der Waals surface area contributed by atoms with E-state index in [9.17, 15) is 19.2 Å². The van der Waals surface area contributed by atoms with Gasteiger partial charge in [-0.05, 0) is 47.4 Å². The molecular weight excluding hydrogens is 456 g/mol. The van der Waals surface area contributed by atoms with Gasteiger partial charge in [-0.15, -0.1) is 0 Å². The Labute approximate surface area is 202 Å². The lowest BCUT2D eigenvalue weighted by Crippen LogP contribution is -2.43. The van der Waals surface area contributed by atoms with Gasteiger partial charge in [0.2, 0.25) is 0 Å². The van der Waals surface area contributed by atoms with E-state index in [1.165, 1.54) is 41.1 Å². The zero-order valence-corrected chi connectivity index (χ0v) is 20.1. The predicted octanol–water partition coefficient (Wildman–Crippen LogP) is 3.23. The summed E-state index contributed by atoms with van der Waals surface area (Å²) in [4.78, 5) is 48.6. The number of esters is 3. The fourth-order valence-electron chi connectivity index (χ4n) is 5.08. The predicted molar refractivity (Wildman–Crippen MR) is 122 cm³/mol. The van der Waals surface area contributed by atoms with Crippen LogP contribution in [-0.4, -0.2) is 44.5 Å². The number of carbonyl (C=O) groups is 4. The number of ether oxygens (including phenoxy) is 5. The first kappa shape index (κ1) is 24.3. The summed E-state index contributed by atoms with van der Waals surface area (Å²) in [6.07, 6.45) is 0.377. The number of ketones is 1. The van der Waals surface area contributed by atoms with Crippen molar-refractivity contribution in [3.8, 4) is 23.0 Å². The molecule has 0 saturated heterocycles. The summed E-state index contributed by atoms with van der Waals surface area (Å²) >= 11 is 0. The Morgan fingerprint density at radius 1 is 0.800 bits per heavy atom. The van der Waals surface area contributed by atoms with Gasteiger partial charge in [0.15, 0.2) is 28.8 Å². The number of hydrogen-bond donors (Lipinski definition) is 0. The van der Waals surface area contributed by atoms with E-state index >= 15 is 0 Å². The topological polar surface area (TPSA) is 114 Å². The Morgan fingerprint density at radius 3 is 1.94 bits per heavy atom. The largest absolute Gasteiger partial charge is 0.493 e. The molecule has 3 atom stereocenters. The molecule has 0 amide bonds. The number of methoxy groups -OCH3 is 2. The van der Waals surface area contributed by atoms with Gasteiger partial charge in [0.1, 0.15) is 0 Å². The standard InChI is InChI=1S/C26H26O9/c1-12(27)33-11-20-18-6-15-7-21(31-4)23(34-13(2)28)8-16(15)25(20)17-9-22(32-5)24(35-14(3)29)10-19(17)26(18)30/h7-10,18,20,25H,6,11H2,1-5H3/t18-,20+,25-/m1/s1. The highest BCUT2D eigenvalue weighted by molar-refractivity contribution is 6.02. The monoisotopic (exact) mass is 482 g/mol. The third-order valence-electron chi connectivity index (χ3n) is 6.40. The van der Waals surface area contributed by atoms with Crippen molar-refractivity contribution in [2.45, 2.75) is 33.1 Å². The van der Waals surface area contributed by atoms with E-state index in [1.807, 2.05) is 0 Å². The van der Waals surface area contributed by atoms with Crippen LogP contribution in [0.2, 0.25) is 0 Å². The Kier molecular flexibility index (Phi) is 6.51. The fraction of sp³-hybridized carbons (Fsp3) is 0.385. The van der Waals surface area contributed by atoms with E-state index in [4.69, 9.17) is 23.7 Å². The summed E-state index contributed by atoms with van der Waals surface area (Å²) in [7, 11) is 2.92. The molecule has 0 N–H and O–H groups in total. The van der Waals surface area contributed by atoms with Crippen LogP contribution in [0.4, 0.5) is 0 Å². The van der Waals surface area contributed by atoms with Crippen LogP contribution in [0.1, 0.15) is 53.7 Å². The molecule has 184 valence electrons. The molecule has 4 rings (SSSR count). The SMILES string of the molecule is COc1cc2c(cc1OC(C)=O)C(=O)[C@@H]1Cc3cc(OC)c(OC(C)=O)cc3[C@H]2[C@H]1COC(C)=O. The van der Waals surface area contributed by atoms with E-state index in [0.717, 1.165) is 11.1 Å². The number of carbonyl (C=O) groups excluding carboxylic acids is 4. The summed E-state index contributed by atoms with van der Waals surface area (Å²) in [5, 5.41) is 0. The average Bonchev–Trinajstić information content (AvgIpc) is 2.79. The molecule has 2 aromatic rings. The zero-order chi connectivity index (χ0) is 25.4. The molecule has 2 aliphatic rings. The second-order valence-corrected chi connectivity index (χ2v) is 8.60. The van der Waals surface area contributed by atoms with E-state index in [1.54, 1.807) is 18.2 Å². The van der Waals surface area contributed by atoms with Crippen LogP contribution < -0.4 is 18.9 Å². The Morgan fingerprint density at radius 2 is 1.37 bits per heavy atom. The molecule has 2 aliphatic carbocycles. The van der Waals surface area contributed by atoms with Crippen molar-refractivity contribution in [2.24, 2.45) is 11.8 Å². The lowest BCUT2D eigenvalue weighted by atomic mass is 9.60. The van der Waals surface area contributed by atoms with Crippen LogP contribution in [0.5, 0.6) is 23.0 Å². The van der Waals surface area contributed by atoms with Crippen LogP contribution >= 0.6 is 0 Å². The van der Waals surface area contributed by atoms with Crippen LogP contribution in [-0.2, 0) is 25.5 Å². The molecule has 0 spiro atoms. The van der Waals surface area contributed by atoms with Crippen molar-refractivity contribution >= 4 is 23.7 Å². The molecule has 0 saturated carbocycles.